The number of thiophene rings is 1. The Morgan fingerprint density at radius 3 is 2.86 bits per heavy atom. The van der Waals surface area contributed by atoms with E-state index in [0.717, 1.165) is 6.42 Å². The van der Waals surface area contributed by atoms with Gasteiger partial charge in [0, 0.05) is 30.3 Å². The SMILES string of the molecule is CN=C(C(Cl)=CN)c1cc(C(=O)NC2CC2(C)CN)sc1Cl. The third kappa shape index (κ3) is 3.30. The molecule has 0 radical (unpaired) electrons. The molecule has 1 amide bonds. The molecule has 0 bridgehead atoms. The molecule has 22 heavy (non-hydrogen) atoms. The molecule has 1 heterocycles. The predicted octanol–water partition coefficient (Wildman–Crippen LogP) is 2.33. The molecule has 0 aromatic carbocycles. The summed E-state index contributed by atoms with van der Waals surface area (Å²) in [6, 6.07) is 1.79. The number of carbonyl (C=O) groups is 1. The normalized spacial score (nSPS) is 25.2. The van der Waals surface area contributed by atoms with Crippen LogP contribution in [0.2, 0.25) is 4.34 Å². The number of halogens is 2. The molecule has 1 saturated carbocycles. The van der Waals surface area contributed by atoms with Crippen LogP contribution in [0, 0.1) is 5.41 Å². The highest BCUT2D eigenvalue weighted by molar-refractivity contribution is 7.18. The zero-order valence-electron chi connectivity index (χ0n) is 12.3. The van der Waals surface area contributed by atoms with Gasteiger partial charge in [-0.3, -0.25) is 9.79 Å². The van der Waals surface area contributed by atoms with E-state index in [1.165, 1.54) is 17.5 Å². The largest absolute Gasteiger partial charge is 0.403 e. The molecule has 0 aliphatic heterocycles. The van der Waals surface area contributed by atoms with Crippen molar-refractivity contribution in [2.45, 2.75) is 19.4 Å². The molecule has 2 unspecified atom stereocenters. The second kappa shape index (κ2) is 6.58. The zero-order valence-corrected chi connectivity index (χ0v) is 14.6. The second-order valence-electron chi connectivity index (χ2n) is 5.47. The van der Waals surface area contributed by atoms with Gasteiger partial charge in [-0.2, -0.15) is 0 Å². The smallest absolute Gasteiger partial charge is 0.261 e. The average Bonchev–Trinajstić information content (AvgIpc) is 2.98. The van der Waals surface area contributed by atoms with Gasteiger partial charge in [0.15, 0.2) is 0 Å². The lowest BCUT2D eigenvalue weighted by Gasteiger charge is -2.08. The van der Waals surface area contributed by atoms with Gasteiger partial charge in [0.25, 0.3) is 5.91 Å². The highest BCUT2D eigenvalue weighted by Crippen LogP contribution is 2.44. The van der Waals surface area contributed by atoms with Crippen LogP contribution >= 0.6 is 34.5 Å². The first kappa shape index (κ1) is 17.3. The fraction of sp³-hybridized carbons (Fsp3) is 0.429. The number of carbonyl (C=O) groups excluding carboxylic acids is 1. The van der Waals surface area contributed by atoms with E-state index < -0.39 is 0 Å². The highest BCUT2D eigenvalue weighted by Gasteiger charge is 2.49. The van der Waals surface area contributed by atoms with Crippen molar-refractivity contribution in [1.29, 1.82) is 0 Å². The number of nitrogens with two attached hydrogens (primary N) is 2. The van der Waals surface area contributed by atoms with Gasteiger partial charge in [-0.05, 0) is 19.0 Å². The first-order valence-corrected chi connectivity index (χ1v) is 8.28. The fourth-order valence-corrected chi connectivity index (χ4v) is 3.53. The van der Waals surface area contributed by atoms with E-state index in [1.807, 2.05) is 0 Å². The van der Waals surface area contributed by atoms with Gasteiger partial charge in [0.05, 0.1) is 15.6 Å². The van der Waals surface area contributed by atoms with Gasteiger partial charge in [0.1, 0.15) is 4.34 Å². The molecule has 5 N–H and O–H groups in total. The summed E-state index contributed by atoms with van der Waals surface area (Å²) >= 11 is 13.4. The number of rotatable bonds is 5. The monoisotopic (exact) mass is 360 g/mol. The maximum absolute atomic E-state index is 12.3. The molecule has 5 nitrogen and oxygen atoms in total. The summed E-state index contributed by atoms with van der Waals surface area (Å²) < 4.78 is 0.447. The number of hydrogen-bond donors (Lipinski definition) is 3. The van der Waals surface area contributed by atoms with Crippen molar-refractivity contribution in [2.24, 2.45) is 21.9 Å². The molecule has 2 rings (SSSR count). The number of amides is 1. The summed E-state index contributed by atoms with van der Waals surface area (Å²) in [6.45, 7) is 2.61. The van der Waals surface area contributed by atoms with Crippen LogP contribution < -0.4 is 16.8 Å². The number of nitrogens with one attached hydrogen (secondary N) is 1. The van der Waals surface area contributed by atoms with Crippen molar-refractivity contribution in [1.82, 2.24) is 5.32 Å². The standard InChI is InChI=1S/C14H18Cl2N4OS/c1-14(6-18)4-10(14)20-13(21)9-3-7(12(16)22-9)11(19-2)8(15)5-17/h3,5,10H,4,6,17-18H2,1-2H3,(H,20,21). The van der Waals surface area contributed by atoms with Crippen LogP contribution in [0.25, 0.3) is 0 Å². The van der Waals surface area contributed by atoms with Crippen molar-refractivity contribution in [2.75, 3.05) is 13.6 Å². The molecule has 1 aliphatic rings. The van der Waals surface area contributed by atoms with Crippen LogP contribution in [0.4, 0.5) is 0 Å². The maximum Gasteiger partial charge on any atom is 0.261 e. The van der Waals surface area contributed by atoms with E-state index in [-0.39, 0.29) is 22.4 Å². The maximum atomic E-state index is 12.3. The molecular weight excluding hydrogens is 343 g/mol. The lowest BCUT2D eigenvalue weighted by Crippen LogP contribution is -2.31. The summed E-state index contributed by atoms with van der Waals surface area (Å²) in [4.78, 5) is 16.9. The molecule has 120 valence electrons. The minimum absolute atomic E-state index is 0.00117. The van der Waals surface area contributed by atoms with Crippen LogP contribution in [0.15, 0.2) is 22.3 Å². The molecule has 0 spiro atoms. The topological polar surface area (TPSA) is 93.5 Å². The molecule has 1 fully saturated rings. The molecule has 0 saturated heterocycles. The van der Waals surface area contributed by atoms with Crippen molar-refractivity contribution in [3.05, 3.63) is 32.1 Å². The Bertz CT molecular complexity index is 655. The van der Waals surface area contributed by atoms with E-state index in [9.17, 15) is 4.79 Å². The van der Waals surface area contributed by atoms with Crippen molar-refractivity contribution in [3.8, 4) is 0 Å². The highest BCUT2D eigenvalue weighted by atomic mass is 35.5. The van der Waals surface area contributed by atoms with Crippen LogP contribution in [-0.4, -0.2) is 31.3 Å². The summed E-state index contributed by atoms with van der Waals surface area (Å²) in [5.74, 6) is -0.163. The summed E-state index contributed by atoms with van der Waals surface area (Å²) in [7, 11) is 1.59. The van der Waals surface area contributed by atoms with Gasteiger partial charge >= 0.3 is 0 Å². The predicted molar refractivity (Wildman–Crippen MR) is 92.9 cm³/mol. The zero-order chi connectivity index (χ0) is 16.5. The second-order valence-corrected chi connectivity index (χ2v) is 7.53. The lowest BCUT2D eigenvalue weighted by molar-refractivity contribution is 0.0950. The Morgan fingerprint density at radius 2 is 2.36 bits per heavy atom. The molecule has 8 heteroatoms. The van der Waals surface area contributed by atoms with E-state index in [4.69, 9.17) is 34.7 Å². The number of aliphatic imine (C=N–C) groups is 1. The van der Waals surface area contributed by atoms with E-state index in [0.29, 0.717) is 27.0 Å². The fourth-order valence-electron chi connectivity index (χ4n) is 2.16. The molecule has 1 aromatic heterocycles. The first-order chi connectivity index (χ1) is 10.4. The lowest BCUT2D eigenvalue weighted by atomic mass is 10.1. The van der Waals surface area contributed by atoms with Gasteiger partial charge < -0.3 is 16.8 Å². The van der Waals surface area contributed by atoms with Gasteiger partial charge in [-0.15, -0.1) is 11.3 Å². The number of hydrogen-bond acceptors (Lipinski definition) is 5. The Labute approximate surface area is 143 Å². The van der Waals surface area contributed by atoms with E-state index >= 15 is 0 Å². The Hall–Kier alpha value is -1.08. The van der Waals surface area contributed by atoms with E-state index in [2.05, 4.69) is 17.2 Å². The summed E-state index contributed by atoms with van der Waals surface area (Å²) in [6.07, 6.45) is 2.14. The average molecular weight is 361 g/mol. The van der Waals surface area contributed by atoms with Crippen molar-refractivity contribution >= 4 is 46.2 Å². The number of allylic oxidation sites excluding steroid dienone is 1. The van der Waals surface area contributed by atoms with Crippen LogP contribution in [0.3, 0.4) is 0 Å². The van der Waals surface area contributed by atoms with Crippen molar-refractivity contribution < 1.29 is 4.79 Å². The van der Waals surface area contributed by atoms with E-state index in [1.54, 1.807) is 13.1 Å². The minimum atomic E-state index is -0.163. The summed E-state index contributed by atoms with van der Waals surface area (Å²) in [5, 5.41) is 3.26. The number of nitrogens with zero attached hydrogens (tertiary/aromatic N) is 1. The third-order valence-corrected chi connectivity index (χ3v) is 5.55. The van der Waals surface area contributed by atoms with Gasteiger partial charge in [-0.25, -0.2) is 0 Å². The molecule has 1 aromatic rings. The van der Waals surface area contributed by atoms with Gasteiger partial charge in [0.2, 0.25) is 0 Å². The molecular formula is C14H18Cl2N4OS. The van der Waals surface area contributed by atoms with Gasteiger partial charge in [-0.1, -0.05) is 30.1 Å². The minimum Gasteiger partial charge on any atom is -0.403 e. The Morgan fingerprint density at radius 1 is 1.68 bits per heavy atom. The van der Waals surface area contributed by atoms with Crippen molar-refractivity contribution in [3.63, 3.8) is 0 Å². The first-order valence-electron chi connectivity index (χ1n) is 6.71. The van der Waals surface area contributed by atoms with Crippen LogP contribution in [0.1, 0.15) is 28.6 Å². The summed E-state index contributed by atoms with van der Waals surface area (Å²) in [5.41, 5.74) is 12.2. The molecule has 1 aliphatic carbocycles. The third-order valence-electron chi connectivity index (χ3n) is 3.89. The Kier molecular flexibility index (Phi) is 5.17. The quantitative estimate of drug-likeness (QED) is 0.703. The van der Waals surface area contributed by atoms with Crippen LogP contribution in [-0.2, 0) is 0 Å². The van der Waals surface area contributed by atoms with Crippen LogP contribution in [0.5, 0.6) is 0 Å². The molecule has 2 atom stereocenters. The Balaban J connectivity index is 2.18.